The van der Waals surface area contributed by atoms with Crippen molar-refractivity contribution in [2.75, 3.05) is 40.5 Å². The van der Waals surface area contributed by atoms with E-state index >= 15 is 0 Å². The molecule has 0 aliphatic heterocycles. The van der Waals surface area contributed by atoms with Gasteiger partial charge in [-0.05, 0) is 91.1 Å². The number of rotatable bonds is 28. The van der Waals surface area contributed by atoms with Crippen molar-refractivity contribution in [2.45, 2.75) is 103 Å². The summed E-state index contributed by atoms with van der Waals surface area (Å²) in [7, 11) is 4.18. The minimum atomic E-state index is 0.136. The van der Waals surface area contributed by atoms with Crippen LogP contribution in [0.2, 0.25) is 0 Å². The van der Waals surface area contributed by atoms with Gasteiger partial charge in [0.2, 0.25) is 0 Å². The number of nitrogens with zero attached hydrogens (tertiary/aromatic N) is 1. The van der Waals surface area contributed by atoms with Crippen LogP contribution in [0, 0.1) is 0 Å². The van der Waals surface area contributed by atoms with Crippen LogP contribution < -0.4 is 0 Å². The van der Waals surface area contributed by atoms with E-state index < -0.39 is 0 Å². The third-order valence-corrected chi connectivity index (χ3v) is 6.06. The summed E-state index contributed by atoms with van der Waals surface area (Å²) >= 11 is 0. The van der Waals surface area contributed by atoms with Gasteiger partial charge >= 0.3 is 0 Å². The van der Waals surface area contributed by atoms with Gasteiger partial charge in [-0.15, -0.1) is 0 Å². The molecule has 0 amide bonds. The van der Waals surface area contributed by atoms with Gasteiger partial charge < -0.3 is 14.4 Å². The molecule has 0 aliphatic carbocycles. The smallest absolute Gasteiger partial charge is 0.0934 e. The van der Waals surface area contributed by atoms with Crippen molar-refractivity contribution in [2.24, 2.45) is 0 Å². The SMILES string of the molecule is CC/C=C\C/C=C\C/C=C\C/C=C\C/C=C\C/C=C\CCCOCC(CN(C)C)OCCC/C=C\C/C=C\CCC. The maximum Gasteiger partial charge on any atom is 0.0934 e. The Kier molecular flexibility index (Phi) is 32.2. The van der Waals surface area contributed by atoms with Crippen molar-refractivity contribution in [1.29, 1.82) is 0 Å². The van der Waals surface area contributed by atoms with Gasteiger partial charge in [0.05, 0.1) is 12.7 Å². The third kappa shape index (κ3) is 33.9. The third-order valence-electron chi connectivity index (χ3n) is 6.06. The lowest BCUT2D eigenvalue weighted by atomic mass is 10.2. The van der Waals surface area contributed by atoms with Crippen LogP contribution in [0.3, 0.4) is 0 Å². The standard InChI is InChI=1S/C38H63NO2/c1-5-7-9-11-13-15-16-17-18-19-20-21-22-23-24-25-27-28-30-32-34-40-37-38(36-39(3)4)41-35-33-31-29-26-14-12-10-8-6-2/h7,9-10,12-13,15,17-18,20-21,23-24,26-29,38H,5-6,8,11,14,16,19,22,25,30-37H2,1-4H3/b9-7-,12-10-,15-13-,18-17-,21-20-,24-23-,28-27-,29-26-. The Labute approximate surface area is 255 Å². The molecule has 0 aromatic rings. The lowest BCUT2D eigenvalue weighted by molar-refractivity contribution is -0.0277. The highest BCUT2D eigenvalue weighted by Crippen LogP contribution is 2.03. The Bertz CT molecular complexity index is 767. The molecule has 0 fully saturated rings. The van der Waals surface area contributed by atoms with E-state index in [0.29, 0.717) is 6.61 Å². The number of allylic oxidation sites excluding steroid dienone is 16. The molecule has 0 rings (SSSR count). The average molecular weight is 566 g/mol. The number of hydrogen-bond acceptors (Lipinski definition) is 3. The van der Waals surface area contributed by atoms with E-state index in [9.17, 15) is 0 Å². The molecular formula is C38H63NO2. The predicted molar refractivity (Wildman–Crippen MR) is 184 cm³/mol. The zero-order valence-corrected chi connectivity index (χ0v) is 27.1. The summed E-state index contributed by atoms with van der Waals surface area (Å²) in [4.78, 5) is 2.17. The molecule has 0 aromatic carbocycles. The van der Waals surface area contributed by atoms with Gasteiger partial charge in [-0.25, -0.2) is 0 Å². The van der Waals surface area contributed by atoms with Gasteiger partial charge in [0.1, 0.15) is 0 Å². The van der Waals surface area contributed by atoms with Crippen LogP contribution in [-0.4, -0.2) is 51.5 Å². The van der Waals surface area contributed by atoms with Crippen LogP contribution in [0.5, 0.6) is 0 Å². The largest absolute Gasteiger partial charge is 0.379 e. The van der Waals surface area contributed by atoms with Gasteiger partial charge in [0.15, 0.2) is 0 Å². The molecule has 0 aromatic heterocycles. The second-order valence-electron chi connectivity index (χ2n) is 10.5. The average Bonchev–Trinajstić information content (AvgIpc) is 2.96. The van der Waals surface area contributed by atoms with Crippen molar-refractivity contribution in [3.8, 4) is 0 Å². The molecule has 232 valence electrons. The number of hydrogen-bond donors (Lipinski definition) is 0. The molecule has 0 bridgehead atoms. The van der Waals surface area contributed by atoms with E-state index in [0.717, 1.165) is 90.4 Å². The zero-order valence-electron chi connectivity index (χ0n) is 27.1. The lowest BCUT2D eigenvalue weighted by Gasteiger charge is -2.21. The predicted octanol–water partition coefficient (Wildman–Crippen LogP) is 10.5. The summed E-state index contributed by atoms with van der Waals surface area (Å²) in [5, 5.41) is 0. The molecule has 0 radical (unpaired) electrons. The van der Waals surface area contributed by atoms with Gasteiger partial charge in [-0.1, -0.05) is 117 Å². The van der Waals surface area contributed by atoms with Gasteiger partial charge in [-0.3, -0.25) is 0 Å². The molecule has 0 N–H and O–H groups in total. The fourth-order valence-corrected chi connectivity index (χ4v) is 3.84. The normalized spacial score (nSPS) is 14.1. The van der Waals surface area contributed by atoms with Crippen molar-refractivity contribution in [3.63, 3.8) is 0 Å². The Hall–Kier alpha value is -2.20. The Morgan fingerprint density at radius 2 is 0.927 bits per heavy atom. The van der Waals surface area contributed by atoms with E-state index in [-0.39, 0.29) is 6.10 Å². The van der Waals surface area contributed by atoms with E-state index in [1.165, 1.54) is 12.8 Å². The first-order valence-corrected chi connectivity index (χ1v) is 16.2. The van der Waals surface area contributed by atoms with Gasteiger partial charge in [0.25, 0.3) is 0 Å². The molecule has 41 heavy (non-hydrogen) atoms. The highest BCUT2D eigenvalue weighted by atomic mass is 16.5. The molecular weight excluding hydrogens is 502 g/mol. The second kappa shape index (κ2) is 34.0. The molecule has 0 saturated carbocycles. The number of ether oxygens (including phenoxy) is 2. The maximum absolute atomic E-state index is 6.11. The van der Waals surface area contributed by atoms with Crippen molar-refractivity contribution in [3.05, 3.63) is 97.2 Å². The van der Waals surface area contributed by atoms with Crippen molar-refractivity contribution < 1.29 is 9.47 Å². The summed E-state index contributed by atoms with van der Waals surface area (Å²) in [5.41, 5.74) is 0. The first-order valence-electron chi connectivity index (χ1n) is 16.2. The Balaban J connectivity index is 3.77. The van der Waals surface area contributed by atoms with Crippen molar-refractivity contribution in [1.82, 2.24) is 4.90 Å². The lowest BCUT2D eigenvalue weighted by Crippen LogP contribution is -2.32. The fourth-order valence-electron chi connectivity index (χ4n) is 3.84. The minimum absolute atomic E-state index is 0.136. The van der Waals surface area contributed by atoms with Crippen LogP contribution in [0.25, 0.3) is 0 Å². The first kappa shape index (κ1) is 38.8. The summed E-state index contributed by atoms with van der Waals surface area (Å²) in [6.07, 6.45) is 49.9. The molecule has 0 heterocycles. The quantitative estimate of drug-likeness (QED) is 0.0695. The van der Waals surface area contributed by atoms with Crippen LogP contribution in [0.15, 0.2) is 97.2 Å². The summed E-state index contributed by atoms with van der Waals surface area (Å²) in [5.74, 6) is 0. The van der Waals surface area contributed by atoms with Crippen LogP contribution in [-0.2, 0) is 9.47 Å². The van der Waals surface area contributed by atoms with Crippen LogP contribution in [0.1, 0.15) is 97.3 Å². The van der Waals surface area contributed by atoms with E-state index in [1.54, 1.807) is 0 Å². The number of unbranched alkanes of at least 4 members (excludes halogenated alkanes) is 3. The molecule has 0 spiro atoms. The molecule has 0 saturated heterocycles. The number of likely N-dealkylation sites (N-methyl/N-ethyl adjacent to an activating group) is 1. The summed E-state index contributed by atoms with van der Waals surface area (Å²) in [6.45, 7) is 7.51. The van der Waals surface area contributed by atoms with E-state index in [4.69, 9.17) is 9.47 Å². The molecule has 0 aliphatic rings. The second-order valence-corrected chi connectivity index (χ2v) is 10.5. The fraction of sp³-hybridized carbons (Fsp3) is 0.579. The summed E-state index contributed by atoms with van der Waals surface area (Å²) < 4.78 is 12.0. The minimum Gasteiger partial charge on any atom is -0.379 e. The molecule has 1 atom stereocenters. The Morgan fingerprint density at radius 1 is 0.512 bits per heavy atom. The maximum atomic E-state index is 6.11. The first-order chi connectivity index (χ1) is 20.2. The Morgan fingerprint density at radius 3 is 1.37 bits per heavy atom. The molecule has 3 heteroatoms. The highest BCUT2D eigenvalue weighted by Gasteiger charge is 2.10. The summed E-state index contributed by atoms with van der Waals surface area (Å²) in [6, 6.07) is 0. The highest BCUT2D eigenvalue weighted by molar-refractivity contribution is 5.01. The van der Waals surface area contributed by atoms with Gasteiger partial charge in [-0.2, -0.15) is 0 Å². The van der Waals surface area contributed by atoms with E-state index in [1.807, 2.05) is 0 Å². The van der Waals surface area contributed by atoms with Crippen LogP contribution in [0.4, 0.5) is 0 Å². The van der Waals surface area contributed by atoms with Crippen molar-refractivity contribution >= 4 is 0 Å². The van der Waals surface area contributed by atoms with Gasteiger partial charge in [0, 0.05) is 19.8 Å². The zero-order chi connectivity index (χ0) is 29.9. The monoisotopic (exact) mass is 565 g/mol. The topological polar surface area (TPSA) is 21.7 Å². The molecule has 3 nitrogen and oxygen atoms in total. The van der Waals surface area contributed by atoms with Crippen LogP contribution >= 0.6 is 0 Å². The molecule has 1 unspecified atom stereocenters. The van der Waals surface area contributed by atoms with E-state index in [2.05, 4.69) is 130 Å².